The molecule has 1 atom stereocenters. The van der Waals surface area contributed by atoms with Crippen LogP contribution >= 0.6 is 11.8 Å². The Bertz CT molecular complexity index is 523. The van der Waals surface area contributed by atoms with Crippen LogP contribution in [0.2, 0.25) is 0 Å². The van der Waals surface area contributed by atoms with Crippen molar-refractivity contribution in [3.05, 3.63) is 18.3 Å². The second kappa shape index (κ2) is 6.78. The largest absolute Gasteiger partial charge is 0.369 e. The lowest BCUT2D eigenvalue weighted by molar-refractivity contribution is 0.520. The third-order valence-electron chi connectivity index (χ3n) is 3.30. The van der Waals surface area contributed by atoms with Crippen molar-refractivity contribution in [1.29, 1.82) is 0 Å². The van der Waals surface area contributed by atoms with Crippen molar-refractivity contribution in [2.45, 2.75) is 29.4 Å². The summed E-state index contributed by atoms with van der Waals surface area (Å²) in [6.45, 7) is 0.886. The van der Waals surface area contributed by atoms with Crippen molar-refractivity contribution in [3.8, 4) is 0 Å². The molecule has 2 rings (SSSR count). The van der Waals surface area contributed by atoms with Crippen LogP contribution in [0.25, 0.3) is 0 Å². The van der Waals surface area contributed by atoms with E-state index in [9.17, 15) is 8.42 Å². The molecule has 2 heterocycles. The fraction of sp³-hybridized carbons (Fsp3) is 0.615. The fourth-order valence-corrected chi connectivity index (χ4v) is 4.12. The Morgan fingerprint density at radius 3 is 2.75 bits per heavy atom. The highest BCUT2D eigenvalue weighted by molar-refractivity contribution is 7.99. The van der Waals surface area contributed by atoms with E-state index in [0.29, 0.717) is 5.25 Å². The molecule has 7 heteroatoms. The Balaban J connectivity index is 1.94. The molecule has 1 saturated heterocycles. The van der Waals surface area contributed by atoms with Crippen molar-refractivity contribution in [2.24, 2.45) is 0 Å². The average Bonchev–Trinajstić information content (AvgIpc) is 2.46. The van der Waals surface area contributed by atoms with Gasteiger partial charge in [-0.15, -0.1) is 0 Å². The maximum absolute atomic E-state index is 11.9. The molecule has 0 aliphatic carbocycles. The van der Waals surface area contributed by atoms with E-state index >= 15 is 0 Å². The minimum Gasteiger partial charge on any atom is -0.369 e. The standard InChI is InChI=1S/C13H21N3O2S2/c1-16(2)20(17,18)12-6-7-13(15-10-12)14-9-11-5-3-4-8-19-11/h6-7,10-11H,3-5,8-9H2,1-2H3,(H,14,15). The third kappa shape index (κ3) is 3.86. The van der Waals surface area contributed by atoms with Crippen LogP contribution in [0.5, 0.6) is 0 Å². The minimum absolute atomic E-state index is 0.222. The fourth-order valence-electron chi connectivity index (χ4n) is 2.04. The van der Waals surface area contributed by atoms with Gasteiger partial charge in [0.25, 0.3) is 0 Å². The summed E-state index contributed by atoms with van der Waals surface area (Å²) in [6.07, 6.45) is 5.26. The number of sulfonamides is 1. The van der Waals surface area contributed by atoms with E-state index in [2.05, 4.69) is 10.3 Å². The van der Waals surface area contributed by atoms with Gasteiger partial charge in [0.1, 0.15) is 10.7 Å². The molecule has 0 saturated carbocycles. The van der Waals surface area contributed by atoms with E-state index in [-0.39, 0.29) is 4.90 Å². The molecular weight excluding hydrogens is 294 g/mol. The molecule has 1 N–H and O–H groups in total. The van der Waals surface area contributed by atoms with Crippen LogP contribution in [-0.4, -0.2) is 49.3 Å². The quantitative estimate of drug-likeness (QED) is 0.901. The molecular formula is C13H21N3O2S2. The SMILES string of the molecule is CN(C)S(=O)(=O)c1ccc(NCC2CCCCS2)nc1. The average molecular weight is 315 g/mol. The predicted octanol–water partition coefficient (Wildman–Crippen LogP) is 2.03. The number of hydrogen-bond donors (Lipinski definition) is 1. The summed E-state index contributed by atoms with van der Waals surface area (Å²) < 4.78 is 25.0. The Morgan fingerprint density at radius 2 is 2.20 bits per heavy atom. The molecule has 1 aliphatic heterocycles. The number of rotatable bonds is 5. The van der Waals surface area contributed by atoms with Crippen LogP contribution in [0, 0.1) is 0 Å². The molecule has 0 bridgehead atoms. The molecule has 112 valence electrons. The number of nitrogens with zero attached hydrogens (tertiary/aromatic N) is 2. The molecule has 5 nitrogen and oxygen atoms in total. The molecule has 1 aromatic rings. The van der Waals surface area contributed by atoms with Gasteiger partial charge < -0.3 is 5.32 Å². The van der Waals surface area contributed by atoms with Crippen LogP contribution in [0.3, 0.4) is 0 Å². The van der Waals surface area contributed by atoms with Gasteiger partial charge in [-0.3, -0.25) is 0 Å². The second-order valence-corrected chi connectivity index (χ2v) is 8.60. The van der Waals surface area contributed by atoms with E-state index < -0.39 is 10.0 Å². The molecule has 0 aromatic carbocycles. The van der Waals surface area contributed by atoms with Crippen molar-refractivity contribution in [2.75, 3.05) is 31.7 Å². The Kier molecular flexibility index (Phi) is 5.29. The van der Waals surface area contributed by atoms with Crippen LogP contribution in [0.1, 0.15) is 19.3 Å². The van der Waals surface area contributed by atoms with Crippen molar-refractivity contribution < 1.29 is 8.42 Å². The van der Waals surface area contributed by atoms with Crippen molar-refractivity contribution in [1.82, 2.24) is 9.29 Å². The summed E-state index contributed by atoms with van der Waals surface area (Å²) in [5, 5.41) is 3.92. The van der Waals surface area contributed by atoms with Gasteiger partial charge in [0.15, 0.2) is 0 Å². The first-order chi connectivity index (χ1) is 9.50. The van der Waals surface area contributed by atoms with Gasteiger partial charge in [-0.25, -0.2) is 17.7 Å². The molecule has 20 heavy (non-hydrogen) atoms. The van der Waals surface area contributed by atoms with Crippen LogP contribution in [0.15, 0.2) is 23.2 Å². The number of anilines is 1. The lowest BCUT2D eigenvalue weighted by Gasteiger charge is -2.21. The molecule has 1 aromatic heterocycles. The predicted molar refractivity (Wildman–Crippen MR) is 83.7 cm³/mol. The Labute approximate surface area is 125 Å². The molecule has 1 aliphatic rings. The maximum Gasteiger partial charge on any atom is 0.244 e. The van der Waals surface area contributed by atoms with Crippen LogP contribution in [0.4, 0.5) is 5.82 Å². The summed E-state index contributed by atoms with van der Waals surface area (Å²) in [7, 11) is -0.359. The summed E-state index contributed by atoms with van der Waals surface area (Å²) in [6, 6.07) is 3.32. The topological polar surface area (TPSA) is 62.3 Å². The number of hydrogen-bond acceptors (Lipinski definition) is 5. The highest BCUT2D eigenvalue weighted by Crippen LogP contribution is 2.25. The number of nitrogens with one attached hydrogen (secondary N) is 1. The van der Waals surface area contributed by atoms with Gasteiger partial charge >= 0.3 is 0 Å². The number of aromatic nitrogens is 1. The maximum atomic E-state index is 11.9. The zero-order chi connectivity index (χ0) is 14.6. The number of pyridine rings is 1. The van der Waals surface area contributed by atoms with Crippen molar-refractivity contribution in [3.63, 3.8) is 0 Å². The second-order valence-electron chi connectivity index (χ2n) is 5.04. The van der Waals surface area contributed by atoms with Gasteiger partial charge in [0, 0.05) is 32.1 Å². The summed E-state index contributed by atoms with van der Waals surface area (Å²) in [5.41, 5.74) is 0. The molecule has 0 amide bonds. The molecule has 0 radical (unpaired) electrons. The van der Waals surface area contributed by atoms with E-state index in [1.165, 1.54) is 49.6 Å². The van der Waals surface area contributed by atoms with E-state index in [0.717, 1.165) is 12.4 Å². The number of thioether (sulfide) groups is 1. The minimum atomic E-state index is -3.39. The first-order valence-electron chi connectivity index (χ1n) is 6.74. The highest BCUT2D eigenvalue weighted by atomic mass is 32.2. The summed E-state index contributed by atoms with van der Waals surface area (Å²) in [4.78, 5) is 4.41. The van der Waals surface area contributed by atoms with Gasteiger partial charge in [-0.2, -0.15) is 11.8 Å². The van der Waals surface area contributed by atoms with Gasteiger partial charge in [0.05, 0.1) is 0 Å². The molecule has 1 unspecified atom stereocenters. The smallest absolute Gasteiger partial charge is 0.244 e. The highest BCUT2D eigenvalue weighted by Gasteiger charge is 2.17. The van der Waals surface area contributed by atoms with Crippen molar-refractivity contribution >= 4 is 27.6 Å². The lowest BCUT2D eigenvalue weighted by Crippen LogP contribution is -2.23. The van der Waals surface area contributed by atoms with E-state index in [1.807, 2.05) is 11.8 Å². The third-order valence-corrected chi connectivity index (χ3v) is 6.50. The van der Waals surface area contributed by atoms with E-state index in [4.69, 9.17) is 0 Å². The molecule has 0 spiro atoms. The summed E-state index contributed by atoms with van der Waals surface area (Å²) in [5.74, 6) is 1.97. The van der Waals surface area contributed by atoms with Gasteiger partial charge in [-0.1, -0.05) is 6.42 Å². The summed E-state index contributed by atoms with van der Waals surface area (Å²) >= 11 is 2.00. The Hall–Kier alpha value is -0.790. The first kappa shape index (κ1) is 15.6. The monoisotopic (exact) mass is 315 g/mol. The zero-order valence-electron chi connectivity index (χ0n) is 11.9. The van der Waals surface area contributed by atoms with Gasteiger partial charge in [0.2, 0.25) is 10.0 Å². The lowest BCUT2D eigenvalue weighted by atomic mass is 10.2. The van der Waals surface area contributed by atoms with Crippen LogP contribution < -0.4 is 5.32 Å². The van der Waals surface area contributed by atoms with Gasteiger partial charge in [-0.05, 0) is 30.7 Å². The van der Waals surface area contributed by atoms with Crippen LogP contribution in [-0.2, 0) is 10.0 Å². The first-order valence-corrected chi connectivity index (χ1v) is 9.23. The van der Waals surface area contributed by atoms with E-state index in [1.54, 1.807) is 12.1 Å². The normalized spacial score (nSPS) is 20.1. The zero-order valence-corrected chi connectivity index (χ0v) is 13.5. The Morgan fingerprint density at radius 1 is 1.40 bits per heavy atom. The molecule has 1 fully saturated rings.